The van der Waals surface area contributed by atoms with Gasteiger partial charge in [-0.1, -0.05) is 11.6 Å². The van der Waals surface area contributed by atoms with Crippen LogP contribution >= 0.6 is 11.6 Å². The number of aromatic nitrogens is 3. The minimum Gasteiger partial charge on any atom is -0.453 e. The maximum absolute atomic E-state index is 11.8. The first-order valence-electron chi connectivity index (χ1n) is 8.71. The van der Waals surface area contributed by atoms with E-state index >= 15 is 0 Å². The number of hydrogen-bond acceptors (Lipinski definition) is 7. The molecule has 2 aromatic heterocycles. The summed E-state index contributed by atoms with van der Waals surface area (Å²) in [5.74, 6) is -0.0484. The van der Waals surface area contributed by atoms with Crippen LogP contribution in [0.25, 0.3) is 0 Å². The first kappa shape index (κ1) is 22.0. The van der Waals surface area contributed by atoms with Gasteiger partial charge in [0.25, 0.3) is 5.91 Å². The van der Waals surface area contributed by atoms with Gasteiger partial charge >= 0.3 is 6.09 Å². The van der Waals surface area contributed by atoms with Crippen LogP contribution in [0.3, 0.4) is 0 Å². The Kier molecular flexibility index (Phi) is 8.28. The largest absolute Gasteiger partial charge is 0.453 e. The molecule has 3 rings (SSSR count). The number of aryl methyl sites for hydroxylation is 1. The number of halogens is 1. The number of carbonyl (C=O) groups excluding carboxylic acids is 3. The van der Waals surface area contributed by atoms with E-state index in [1.807, 2.05) is 0 Å². The Labute approximate surface area is 172 Å². The van der Waals surface area contributed by atoms with Gasteiger partial charge in [0.1, 0.15) is 18.1 Å². The highest BCUT2D eigenvalue weighted by Gasteiger charge is 2.19. The molecular weight excluding hydrogens is 400 g/mol. The molecule has 29 heavy (non-hydrogen) atoms. The van der Waals surface area contributed by atoms with E-state index in [9.17, 15) is 14.4 Å². The standard InChI is InChI=1S/C11H9ClN4O.C7H12N2O3/c1-7-10(14-5-4-13-7)11(17)16-9-3-2-8(12)6-15-9;1-12-7(11)9-4-2-3-8-6(10)5-9/h2-6H,1H3,(H,15,16,17);2-5H2,1H3,(H,8,10). The van der Waals surface area contributed by atoms with Crippen molar-refractivity contribution in [2.24, 2.45) is 0 Å². The third-order valence-corrected chi connectivity index (χ3v) is 3.98. The number of anilines is 1. The van der Waals surface area contributed by atoms with E-state index in [0.717, 1.165) is 6.42 Å². The lowest BCUT2D eigenvalue weighted by Gasteiger charge is -2.16. The molecule has 2 aromatic rings. The summed E-state index contributed by atoms with van der Waals surface area (Å²) in [5, 5.41) is 5.79. The molecule has 1 aliphatic heterocycles. The van der Waals surface area contributed by atoms with Crippen LogP contribution in [-0.4, -0.2) is 64.5 Å². The molecule has 1 aliphatic rings. The number of methoxy groups -OCH3 is 1. The molecule has 3 amide bonds. The molecule has 0 unspecified atom stereocenters. The van der Waals surface area contributed by atoms with Crippen molar-refractivity contribution in [1.82, 2.24) is 25.2 Å². The van der Waals surface area contributed by atoms with Crippen molar-refractivity contribution in [3.05, 3.63) is 47.1 Å². The van der Waals surface area contributed by atoms with Crippen LogP contribution in [0.4, 0.5) is 10.6 Å². The van der Waals surface area contributed by atoms with Crippen LogP contribution in [0.2, 0.25) is 5.02 Å². The smallest absolute Gasteiger partial charge is 0.409 e. The molecular formula is C18H21ClN6O4. The second-order valence-electron chi connectivity index (χ2n) is 5.90. The van der Waals surface area contributed by atoms with Gasteiger partial charge in [-0.05, 0) is 25.5 Å². The van der Waals surface area contributed by atoms with Gasteiger partial charge in [-0.3, -0.25) is 19.5 Å². The minimum atomic E-state index is -0.438. The molecule has 10 nitrogen and oxygen atoms in total. The van der Waals surface area contributed by atoms with Crippen molar-refractivity contribution < 1.29 is 19.1 Å². The third-order valence-electron chi connectivity index (χ3n) is 3.76. The maximum atomic E-state index is 11.8. The van der Waals surface area contributed by atoms with Crippen LogP contribution in [0.1, 0.15) is 22.6 Å². The molecule has 11 heteroatoms. The van der Waals surface area contributed by atoms with Gasteiger partial charge in [0, 0.05) is 31.7 Å². The molecule has 1 saturated heterocycles. The van der Waals surface area contributed by atoms with E-state index in [0.29, 0.717) is 29.6 Å². The summed E-state index contributed by atoms with van der Waals surface area (Å²) >= 11 is 5.69. The Hall–Kier alpha value is -3.27. The number of hydrogen-bond donors (Lipinski definition) is 2. The number of rotatable bonds is 2. The number of amides is 3. The van der Waals surface area contributed by atoms with Gasteiger partial charge in [0.05, 0.1) is 17.8 Å². The number of carbonyl (C=O) groups is 3. The lowest BCUT2D eigenvalue weighted by Crippen LogP contribution is -2.37. The number of nitrogens with zero attached hydrogens (tertiary/aromatic N) is 4. The van der Waals surface area contributed by atoms with Gasteiger partial charge in [-0.15, -0.1) is 0 Å². The predicted molar refractivity (Wildman–Crippen MR) is 106 cm³/mol. The lowest BCUT2D eigenvalue weighted by molar-refractivity contribution is -0.121. The highest BCUT2D eigenvalue weighted by Crippen LogP contribution is 2.11. The van der Waals surface area contributed by atoms with E-state index in [4.69, 9.17) is 11.6 Å². The first-order valence-corrected chi connectivity index (χ1v) is 9.08. The van der Waals surface area contributed by atoms with Gasteiger partial charge in [-0.2, -0.15) is 0 Å². The second-order valence-corrected chi connectivity index (χ2v) is 6.34. The van der Waals surface area contributed by atoms with Crippen LogP contribution in [0.15, 0.2) is 30.7 Å². The average Bonchev–Trinajstić information content (AvgIpc) is 2.94. The van der Waals surface area contributed by atoms with Gasteiger partial charge < -0.3 is 15.4 Å². The molecule has 0 radical (unpaired) electrons. The van der Waals surface area contributed by atoms with E-state index in [2.05, 4.69) is 30.3 Å². The molecule has 2 N–H and O–H groups in total. The number of pyridine rings is 1. The van der Waals surface area contributed by atoms with Crippen molar-refractivity contribution in [3.63, 3.8) is 0 Å². The molecule has 0 bridgehead atoms. The zero-order chi connectivity index (χ0) is 21.2. The zero-order valence-corrected chi connectivity index (χ0v) is 16.8. The van der Waals surface area contributed by atoms with Crippen LogP contribution < -0.4 is 10.6 Å². The summed E-state index contributed by atoms with van der Waals surface area (Å²) in [6.45, 7) is 3.03. The van der Waals surface area contributed by atoms with Crippen molar-refractivity contribution in [2.45, 2.75) is 13.3 Å². The van der Waals surface area contributed by atoms with E-state index in [1.165, 1.54) is 30.6 Å². The molecule has 0 aliphatic carbocycles. The normalized spacial score (nSPS) is 13.3. The number of ether oxygens (including phenoxy) is 1. The van der Waals surface area contributed by atoms with Crippen LogP contribution in [0, 0.1) is 6.92 Å². The first-order chi connectivity index (χ1) is 13.9. The Bertz CT molecular complexity index is 862. The highest BCUT2D eigenvalue weighted by molar-refractivity contribution is 6.30. The zero-order valence-electron chi connectivity index (χ0n) is 16.0. The number of nitrogens with one attached hydrogen (secondary N) is 2. The van der Waals surface area contributed by atoms with Gasteiger partial charge in [-0.25, -0.2) is 14.8 Å². The van der Waals surface area contributed by atoms with Crippen LogP contribution in [0.5, 0.6) is 0 Å². The Morgan fingerprint density at radius 2 is 2.00 bits per heavy atom. The molecule has 1 fully saturated rings. The van der Waals surface area contributed by atoms with Crippen molar-refractivity contribution in [3.8, 4) is 0 Å². The minimum absolute atomic E-state index is 0.104. The third kappa shape index (κ3) is 7.00. The fourth-order valence-electron chi connectivity index (χ4n) is 2.35. The van der Waals surface area contributed by atoms with Crippen molar-refractivity contribution in [1.29, 1.82) is 0 Å². The second kappa shape index (κ2) is 10.9. The van der Waals surface area contributed by atoms with Crippen LogP contribution in [-0.2, 0) is 9.53 Å². The Balaban J connectivity index is 0.000000221. The summed E-state index contributed by atoms with van der Waals surface area (Å²) in [5.41, 5.74) is 0.850. The summed E-state index contributed by atoms with van der Waals surface area (Å²) < 4.78 is 4.50. The molecule has 154 valence electrons. The van der Waals surface area contributed by atoms with Gasteiger partial charge in [0.15, 0.2) is 0 Å². The van der Waals surface area contributed by atoms with E-state index in [-0.39, 0.29) is 24.1 Å². The summed E-state index contributed by atoms with van der Waals surface area (Å²) in [4.78, 5) is 47.1. The van der Waals surface area contributed by atoms with Crippen molar-refractivity contribution in [2.75, 3.05) is 32.1 Å². The molecule has 3 heterocycles. The monoisotopic (exact) mass is 420 g/mol. The Morgan fingerprint density at radius 1 is 1.24 bits per heavy atom. The van der Waals surface area contributed by atoms with Gasteiger partial charge in [0.2, 0.25) is 5.91 Å². The van der Waals surface area contributed by atoms with E-state index < -0.39 is 6.09 Å². The molecule has 0 aromatic carbocycles. The SMILES string of the molecule is COC(=O)N1CCCNC(=O)C1.Cc1nccnc1C(=O)Nc1ccc(Cl)cn1. The average molecular weight is 421 g/mol. The Morgan fingerprint density at radius 3 is 2.66 bits per heavy atom. The summed E-state index contributed by atoms with van der Waals surface area (Å²) in [6, 6.07) is 3.26. The highest BCUT2D eigenvalue weighted by atomic mass is 35.5. The fraction of sp³-hybridized carbons (Fsp3) is 0.333. The maximum Gasteiger partial charge on any atom is 0.409 e. The summed E-state index contributed by atoms with van der Waals surface area (Å²) in [7, 11) is 1.31. The quantitative estimate of drug-likeness (QED) is 0.756. The topological polar surface area (TPSA) is 126 Å². The molecule has 0 atom stereocenters. The van der Waals surface area contributed by atoms with Crippen molar-refractivity contribution >= 4 is 35.3 Å². The summed E-state index contributed by atoms with van der Waals surface area (Å²) in [6.07, 6.45) is 4.80. The molecule has 0 spiro atoms. The fourth-order valence-corrected chi connectivity index (χ4v) is 2.46. The van der Waals surface area contributed by atoms with E-state index in [1.54, 1.807) is 19.1 Å². The lowest BCUT2D eigenvalue weighted by atomic mass is 10.3. The predicted octanol–water partition coefficient (Wildman–Crippen LogP) is 1.66. The molecule has 0 saturated carbocycles.